The van der Waals surface area contributed by atoms with Crippen molar-refractivity contribution in [3.63, 3.8) is 0 Å². The highest BCUT2D eigenvalue weighted by molar-refractivity contribution is 9.10. The molecule has 0 spiro atoms. The molecule has 1 aromatic rings. The number of benzene rings is 1. The molecule has 0 radical (unpaired) electrons. The summed E-state index contributed by atoms with van der Waals surface area (Å²) in [5.74, 6) is -0.913. The minimum Gasteiger partial charge on any atom is -0.481 e. The summed E-state index contributed by atoms with van der Waals surface area (Å²) < 4.78 is 0.902. The van der Waals surface area contributed by atoms with Gasteiger partial charge in [-0.15, -0.1) is 0 Å². The fourth-order valence-corrected chi connectivity index (χ4v) is 2.74. The molecule has 4 heteroatoms. The van der Waals surface area contributed by atoms with E-state index in [1.54, 1.807) is 6.07 Å². The van der Waals surface area contributed by atoms with Crippen LogP contribution in [0.15, 0.2) is 22.7 Å². The monoisotopic (exact) mass is 274 g/mol. The molecule has 1 aliphatic carbocycles. The predicted octanol–water partition coefficient (Wildman–Crippen LogP) is 3.29. The Balaban J connectivity index is 2.31. The lowest BCUT2D eigenvalue weighted by molar-refractivity contribution is -0.138. The van der Waals surface area contributed by atoms with E-state index in [0.717, 1.165) is 10.0 Å². The Hall–Kier alpha value is -0.540. The summed E-state index contributed by atoms with van der Waals surface area (Å²) in [6.45, 7) is 0. The normalized spacial score (nSPS) is 24.7. The van der Waals surface area contributed by atoms with Crippen LogP contribution in [-0.2, 0) is 4.79 Å². The highest BCUT2D eigenvalue weighted by atomic mass is 79.9. The van der Waals surface area contributed by atoms with Gasteiger partial charge in [0.15, 0.2) is 0 Å². The molecule has 0 heterocycles. The van der Waals surface area contributed by atoms with Crippen molar-refractivity contribution in [2.75, 3.05) is 0 Å². The third kappa shape index (κ3) is 1.66. The van der Waals surface area contributed by atoms with Crippen LogP contribution in [-0.4, -0.2) is 11.1 Å². The predicted molar refractivity (Wildman–Crippen MR) is 57.6 cm³/mol. The zero-order valence-electron chi connectivity index (χ0n) is 7.21. The molecule has 1 aromatic carbocycles. The van der Waals surface area contributed by atoms with Crippen molar-refractivity contribution in [3.05, 3.63) is 33.3 Å². The summed E-state index contributed by atoms with van der Waals surface area (Å²) in [5, 5.41) is 9.45. The van der Waals surface area contributed by atoms with E-state index >= 15 is 0 Å². The molecule has 1 aliphatic rings. The molecule has 1 N–H and O–H groups in total. The molecule has 14 heavy (non-hydrogen) atoms. The second-order valence-corrected chi connectivity index (χ2v) is 4.68. The van der Waals surface area contributed by atoms with Crippen molar-refractivity contribution in [2.24, 2.45) is 5.92 Å². The van der Waals surface area contributed by atoms with Crippen LogP contribution in [0.3, 0.4) is 0 Å². The first-order valence-electron chi connectivity index (χ1n) is 4.28. The van der Waals surface area contributed by atoms with Crippen molar-refractivity contribution in [3.8, 4) is 0 Å². The van der Waals surface area contributed by atoms with Crippen LogP contribution in [0.25, 0.3) is 0 Å². The van der Waals surface area contributed by atoms with E-state index in [2.05, 4.69) is 15.9 Å². The van der Waals surface area contributed by atoms with Gasteiger partial charge >= 0.3 is 5.97 Å². The van der Waals surface area contributed by atoms with Crippen molar-refractivity contribution in [1.82, 2.24) is 0 Å². The molecule has 1 fully saturated rings. The zero-order chi connectivity index (χ0) is 10.3. The van der Waals surface area contributed by atoms with Crippen LogP contribution in [0.5, 0.6) is 0 Å². The maximum atomic E-state index is 10.7. The van der Waals surface area contributed by atoms with Gasteiger partial charge in [-0.3, -0.25) is 4.79 Å². The first kappa shape index (κ1) is 9.99. The van der Waals surface area contributed by atoms with Gasteiger partial charge in [-0.25, -0.2) is 0 Å². The summed E-state index contributed by atoms with van der Waals surface area (Å²) in [4.78, 5) is 10.7. The number of aliphatic carboxylic acids is 1. The number of hydrogen-bond donors (Lipinski definition) is 1. The average Bonchev–Trinajstić information content (AvgIpc) is 2.83. The van der Waals surface area contributed by atoms with Crippen molar-refractivity contribution >= 4 is 33.5 Å². The van der Waals surface area contributed by atoms with E-state index in [-0.39, 0.29) is 11.8 Å². The van der Waals surface area contributed by atoms with Crippen LogP contribution in [0, 0.1) is 5.92 Å². The number of carbonyl (C=O) groups is 1. The number of halogens is 2. The summed E-state index contributed by atoms with van der Waals surface area (Å²) >= 11 is 9.40. The van der Waals surface area contributed by atoms with Crippen molar-refractivity contribution in [2.45, 2.75) is 12.3 Å². The fraction of sp³-hybridized carbons (Fsp3) is 0.300. The molecule has 1 saturated carbocycles. The number of rotatable bonds is 2. The average molecular weight is 276 g/mol. The zero-order valence-corrected chi connectivity index (χ0v) is 9.55. The molecule has 0 amide bonds. The smallest absolute Gasteiger partial charge is 0.307 e. The SMILES string of the molecule is O=C(O)C1CC1c1c(Cl)cccc1Br. The lowest BCUT2D eigenvalue weighted by Gasteiger charge is -2.04. The number of hydrogen-bond acceptors (Lipinski definition) is 1. The quantitative estimate of drug-likeness (QED) is 0.899. The van der Waals surface area contributed by atoms with E-state index in [0.29, 0.717) is 11.4 Å². The Kier molecular flexibility index (Phi) is 2.54. The van der Waals surface area contributed by atoms with Gasteiger partial charge in [-0.2, -0.15) is 0 Å². The van der Waals surface area contributed by atoms with Crippen LogP contribution in [0.4, 0.5) is 0 Å². The van der Waals surface area contributed by atoms with Gasteiger partial charge in [0.2, 0.25) is 0 Å². The molecule has 2 nitrogen and oxygen atoms in total. The van der Waals surface area contributed by atoms with Crippen molar-refractivity contribution < 1.29 is 9.90 Å². The molecular formula is C10H8BrClO2. The van der Waals surface area contributed by atoms with Crippen LogP contribution >= 0.6 is 27.5 Å². The highest BCUT2D eigenvalue weighted by Gasteiger charge is 2.45. The lowest BCUT2D eigenvalue weighted by Crippen LogP contribution is -1.99. The summed E-state index contributed by atoms with van der Waals surface area (Å²) in [5.41, 5.74) is 0.932. The Morgan fingerprint density at radius 2 is 2.29 bits per heavy atom. The first-order chi connectivity index (χ1) is 6.61. The van der Waals surface area contributed by atoms with Crippen LogP contribution in [0.2, 0.25) is 5.02 Å². The van der Waals surface area contributed by atoms with Gasteiger partial charge in [0.1, 0.15) is 0 Å². The Labute approximate surface area is 95.0 Å². The van der Waals surface area contributed by atoms with Gasteiger partial charge in [-0.1, -0.05) is 33.6 Å². The third-order valence-electron chi connectivity index (χ3n) is 2.48. The van der Waals surface area contributed by atoms with Gasteiger partial charge < -0.3 is 5.11 Å². The summed E-state index contributed by atoms with van der Waals surface area (Å²) in [7, 11) is 0. The van der Waals surface area contributed by atoms with E-state index < -0.39 is 5.97 Å². The molecule has 2 rings (SSSR count). The number of carboxylic acids is 1. The molecule has 0 bridgehead atoms. The Morgan fingerprint density at radius 3 is 2.79 bits per heavy atom. The maximum absolute atomic E-state index is 10.7. The topological polar surface area (TPSA) is 37.3 Å². The maximum Gasteiger partial charge on any atom is 0.307 e. The molecule has 0 aliphatic heterocycles. The van der Waals surface area contributed by atoms with E-state index in [4.69, 9.17) is 16.7 Å². The number of carboxylic acid groups (broad SMARTS) is 1. The van der Waals surface area contributed by atoms with Gasteiger partial charge in [0.25, 0.3) is 0 Å². The molecular weight excluding hydrogens is 267 g/mol. The van der Waals surface area contributed by atoms with E-state index in [9.17, 15) is 4.79 Å². The molecule has 0 saturated heterocycles. The summed E-state index contributed by atoms with van der Waals surface area (Å²) in [6, 6.07) is 5.52. The molecule has 74 valence electrons. The van der Waals surface area contributed by atoms with Gasteiger partial charge in [-0.05, 0) is 24.1 Å². The van der Waals surface area contributed by atoms with E-state index in [1.165, 1.54) is 0 Å². The van der Waals surface area contributed by atoms with Crippen LogP contribution in [0.1, 0.15) is 17.9 Å². The standard InChI is InChI=1S/C10H8BrClO2/c11-7-2-1-3-8(12)9(7)5-4-6(5)10(13)14/h1-3,5-6H,4H2,(H,13,14). The third-order valence-corrected chi connectivity index (χ3v) is 3.50. The molecule has 2 unspecified atom stereocenters. The van der Waals surface area contributed by atoms with Crippen molar-refractivity contribution in [1.29, 1.82) is 0 Å². The minimum absolute atomic E-state index is 0.0792. The second kappa shape index (κ2) is 3.55. The Morgan fingerprint density at radius 1 is 1.57 bits per heavy atom. The molecule has 2 atom stereocenters. The van der Waals surface area contributed by atoms with E-state index in [1.807, 2.05) is 12.1 Å². The minimum atomic E-state index is -0.734. The van der Waals surface area contributed by atoms with Gasteiger partial charge in [0, 0.05) is 15.4 Å². The second-order valence-electron chi connectivity index (χ2n) is 3.42. The van der Waals surface area contributed by atoms with Crippen LogP contribution < -0.4 is 0 Å². The summed E-state index contributed by atoms with van der Waals surface area (Å²) in [6.07, 6.45) is 0.692. The molecule has 0 aromatic heterocycles. The first-order valence-corrected chi connectivity index (χ1v) is 5.45. The lowest BCUT2D eigenvalue weighted by atomic mass is 10.1. The Bertz CT molecular complexity index is 371. The highest BCUT2D eigenvalue weighted by Crippen LogP contribution is 2.51. The fourth-order valence-electron chi connectivity index (χ4n) is 1.65. The largest absolute Gasteiger partial charge is 0.481 e. The van der Waals surface area contributed by atoms with Gasteiger partial charge in [0.05, 0.1) is 5.92 Å².